The molecule has 0 saturated carbocycles. The van der Waals surface area contributed by atoms with E-state index in [1.165, 1.54) is 43.5 Å². The second-order valence-electron chi connectivity index (χ2n) is 8.15. The lowest BCUT2D eigenvalue weighted by atomic mass is 9.77. The third-order valence-corrected chi connectivity index (χ3v) is 9.20. The van der Waals surface area contributed by atoms with E-state index < -0.39 is 20.8 Å². The first kappa shape index (κ1) is 22.3. The van der Waals surface area contributed by atoms with Gasteiger partial charge in [-0.3, -0.25) is 4.74 Å². The van der Waals surface area contributed by atoms with Crippen molar-refractivity contribution in [3.63, 3.8) is 0 Å². The van der Waals surface area contributed by atoms with E-state index in [0.29, 0.717) is 5.56 Å². The molecule has 1 aromatic carbocycles. The van der Waals surface area contributed by atoms with Crippen LogP contribution in [-0.2, 0) is 4.74 Å². The smallest absolute Gasteiger partial charge is 0.276 e. The van der Waals surface area contributed by atoms with E-state index in [1.54, 1.807) is 30.4 Å². The molecule has 0 unspecified atom stereocenters. The lowest BCUT2D eigenvalue weighted by molar-refractivity contribution is -0.357. The average Bonchev–Trinajstić information content (AvgIpc) is 2.69. The molecule has 1 nitrogen and oxygen atoms in total. The molecule has 1 saturated heterocycles. The minimum Gasteiger partial charge on any atom is -0.276 e. The van der Waals surface area contributed by atoms with Crippen molar-refractivity contribution in [3.8, 4) is 0 Å². The van der Waals surface area contributed by atoms with E-state index in [2.05, 4.69) is 6.92 Å². The molecule has 0 atom stereocenters. The van der Waals surface area contributed by atoms with Crippen LogP contribution in [0.1, 0.15) is 50.5 Å². The number of halogens is 4. The maximum absolute atomic E-state index is 14.1. The summed E-state index contributed by atoms with van der Waals surface area (Å²) in [6, 6.07) is 9.72. The maximum atomic E-state index is 14.1. The highest BCUT2D eigenvalue weighted by Crippen LogP contribution is 2.44. The Morgan fingerprint density at radius 1 is 1.07 bits per heavy atom. The van der Waals surface area contributed by atoms with E-state index in [4.69, 9.17) is 4.74 Å². The molecule has 3 rings (SSSR count). The Kier molecular flexibility index (Phi) is 7.38. The summed E-state index contributed by atoms with van der Waals surface area (Å²) < 4.78 is 58.6. The standard InChI is InChI=1S/C23H29F4OSi/c1-2-3-6-15-29-16-11-19(12-17-29)22(28-23(25,26)27)13-9-18(10-14-22)20-7-4-5-8-21(20)24/h4-5,7-10,13-14,18-19H,2-3,6,11-12,15-17H2,1H3. The van der Waals surface area contributed by atoms with Crippen LogP contribution in [0.3, 0.4) is 0 Å². The highest BCUT2D eigenvalue weighted by molar-refractivity contribution is 6.58. The van der Waals surface area contributed by atoms with Crippen molar-refractivity contribution >= 4 is 8.80 Å². The van der Waals surface area contributed by atoms with E-state index >= 15 is 0 Å². The van der Waals surface area contributed by atoms with Crippen LogP contribution < -0.4 is 0 Å². The van der Waals surface area contributed by atoms with Crippen LogP contribution in [0.2, 0.25) is 18.1 Å². The van der Waals surface area contributed by atoms with Crippen LogP contribution in [0.5, 0.6) is 0 Å². The zero-order valence-electron chi connectivity index (χ0n) is 16.9. The molecule has 1 heterocycles. The molecule has 6 heteroatoms. The Hall–Kier alpha value is -1.40. The molecule has 0 amide bonds. The lowest BCUT2D eigenvalue weighted by Gasteiger charge is -2.41. The van der Waals surface area contributed by atoms with Gasteiger partial charge in [0.05, 0.1) is 0 Å². The topological polar surface area (TPSA) is 9.23 Å². The van der Waals surface area contributed by atoms with Crippen molar-refractivity contribution in [2.45, 2.75) is 75.0 Å². The van der Waals surface area contributed by atoms with Crippen molar-refractivity contribution in [2.24, 2.45) is 5.92 Å². The van der Waals surface area contributed by atoms with Gasteiger partial charge in [0.15, 0.2) is 0 Å². The van der Waals surface area contributed by atoms with Crippen LogP contribution in [0.4, 0.5) is 17.6 Å². The molecule has 0 aromatic heterocycles. The predicted octanol–water partition coefficient (Wildman–Crippen LogP) is 7.41. The predicted molar refractivity (Wildman–Crippen MR) is 110 cm³/mol. The number of benzene rings is 1. The number of alkyl halides is 3. The first-order valence-electron chi connectivity index (χ1n) is 10.6. The normalized spacial score (nSPS) is 26.2. The lowest BCUT2D eigenvalue weighted by Crippen LogP contribution is -2.45. The monoisotopic (exact) mass is 425 g/mol. The summed E-state index contributed by atoms with van der Waals surface area (Å²) in [5.41, 5.74) is -1.01. The molecule has 1 fully saturated rings. The SMILES string of the molecule is CCCCC[Si]1CCC(C2(OC(F)(F)F)C=CC(c3ccccc3F)C=C2)CC1. The number of unbranched alkanes of at least 4 members (excludes halogenated alkanes) is 2. The molecular weight excluding hydrogens is 396 g/mol. The molecule has 159 valence electrons. The largest absolute Gasteiger partial charge is 0.523 e. The van der Waals surface area contributed by atoms with Crippen LogP contribution in [-0.4, -0.2) is 20.8 Å². The number of ether oxygens (including phenoxy) is 1. The third kappa shape index (κ3) is 5.82. The average molecular weight is 426 g/mol. The van der Waals surface area contributed by atoms with Crippen molar-refractivity contribution < 1.29 is 22.3 Å². The van der Waals surface area contributed by atoms with E-state index in [0.717, 1.165) is 24.9 Å². The van der Waals surface area contributed by atoms with Crippen molar-refractivity contribution in [1.82, 2.24) is 0 Å². The van der Waals surface area contributed by atoms with Gasteiger partial charge in [-0.2, -0.15) is 0 Å². The number of rotatable bonds is 7. The van der Waals surface area contributed by atoms with E-state index in [9.17, 15) is 17.6 Å². The maximum Gasteiger partial charge on any atom is 0.523 e. The Labute approximate surface area is 172 Å². The van der Waals surface area contributed by atoms with Crippen LogP contribution in [0.25, 0.3) is 0 Å². The summed E-state index contributed by atoms with van der Waals surface area (Å²) in [4.78, 5) is 0. The molecule has 1 aromatic rings. The summed E-state index contributed by atoms with van der Waals surface area (Å²) in [5.74, 6) is -0.926. The van der Waals surface area contributed by atoms with Gasteiger partial charge in [0, 0.05) is 14.7 Å². The van der Waals surface area contributed by atoms with Crippen molar-refractivity contribution in [1.29, 1.82) is 0 Å². The number of allylic oxidation sites excluding steroid dienone is 2. The van der Waals surface area contributed by atoms with Gasteiger partial charge in [-0.05, 0) is 30.4 Å². The second-order valence-corrected chi connectivity index (χ2v) is 11.1. The van der Waals surface area contributed by atoms with E-state index in [-0.39, 0.29) is 17.7 Å². The zero-order chi connectivity index (χ0) is 20.9. The van der Waals surface area contributed by atoms with Gasteiger partial charge in [-0.25, -0.2) is 4.39 Å². The molecule has 0 spiro atoms. The fourth-order valence-electron chi connectivity index (χ4n) is 4.56. The Balaban J connectivity index is 1.73. The van der Waals surface area contributed by atoms with Crippen molar-refractivity contribution in [2.75, 3.05) is 0 Å². The Bertz CT molecular complexity index is 706. The van der Waals surface area contributed by atoms with Gasteiger partial charge in [0.2, 0.25) is 0 Å². The van der Waals surface area contributed by atoms with Crippen LogP contribution >= 0.6 is 0 Å². The van der Waals surface area contributed by atoms with Gasteiger partial charge in [0.25, 0.3) is 0 Å². The Morgan fingerprint density at radius 2 is 1.72 bits per heavy atom. The molecule has 2 aliphatic rings. The minimum atomic E-state index is -4.72. The third-order valence-electron chi connectivity index (χ3n) is 6.15. The molecule has 1 aliphatic carbocycles. The number of hydrogen-bond donors (Lipinski definition) is 0. The second kappa shape index (κ2) is 9.60. The zero-order valence-corrected chi connectivity index (χ0v) is 17.9. The molecule has 1 aliphatic heterocycles. The summed E-state index contributed by atoms with van der Waals surface area (Å²) in [5, 5.41) is 0. The molecular formula is C23H29F4OSi. The van der Waals surface area contributed by atoms with Crippen LogP contribution in [0.15, 0.2) is 48.6 Å². The minimum absolute atomic E-state index is 0.196. The summed E-state index contributed by atoms with van der Waals surface area (Å²) in [6.45, 7) is 2.18. The highest BCUT2D eigenvalue weighted by atomic mass is 28.3. The summed E-state index contributed by atoms with van der Waals surface area (Å²) in [6.07, 6.45) is 6.84. The first-order valence-corrected chi connectivity index (χ1v) is 12.7. The van der Waals surface area contributed by atoms with Gasteiger partial charge in [-0.15, -0.1) is 13.2 Å². The quantitative estimate of drug-likeness (QED) is 0.191. The summed E-state index contributed by atoms with van der Waals surface area (Å²) in [7, 11) is -0.454. The fraction of sp³-hybridized carbons (Fsp3) is 0.565. The molecule has 29 heavy (non-hydrogen) atoms. The summed E-state index contributed by atoms with van der Waals surface area (Å²) >= 11 is 0. The van der Waals surface area contributed by atoms with E-state index in [1.807, 2.05) is 0 Å². The highest BCUT2D eigenvalue weighted by Gasteiger charge is 2.47. The fourth-order valence-corrected chi connectivity index (χ4v) is 7.57. The molecule has 0 bridgehead atoms. The van der Waals surface area contributed by atoms with Gasteiger partial charge >= 0.3 is 6.36 Å². The van der Waals surface area contributed by atoms with Crippen molar-refractivity contribution in [3.05, 3.63) is 60.0 Å². The van der Waals surface area contributed by atoms with Crippen LogP contribution in [0, 0.1) is 11.7 Å². The van der Waals surface area contributed by atoms with Gasteiger partial charge in [-0.1, -0.05) is 86.8 Å². The number of hydrogen-bond acceptors (Lipinski definition) is 1. The Morgan fingerprint density at radius 3 is 2.31 bits per heavy atom. The molecule has 0 N–H and O–H groups in total. The molecule has 1 radical (unpaired) electrons. The van der Waals surface area contributed by atoms with Gasteiger partial charge in [0.1, 0.15) is 11.4 Å². The first-order chi connectivity index (χ1) is 13.8. The van der Waals surface area contributed by atoms with Gasteiger partial charge < -0.3 is 0 Å².